The van der Waals surface area contributed by atoms with Crippen molar-refractivity contribution in [3.63, 3.8) is 0 Å². The average Bonchev–Trinajstić information content (AvgIpc) is 2.89. The zero-order chi connectivity index (χ0) is 16.2. The maximum absolute atomic E-state index is 10.0. The van der Waals surface area contributed by atoms with E-state index in [1.807, 2.05) is 0 Å². The molecule has 1 saturated heterocycles. The quantitative estimate of drug-likeness (QED) is 0.493. The average molecular weight is 273 g/mol. The Morgan fingerprint density at radius 1 is 1.42 bits per heavy atom. The third kappa shape index (κ3) is 1.75. The Labute approximate surface area is 111 Å². The van der Waals surface area contributed by atoms with Gasteiger partial charge in [-0.2, -0.15) is 0 Å². The number of rotatable bonds is 2. The van der Waals surface area contributed by atoms with Gasteiger partial charge in [0.1, 0.15) is 32.9 Å². The molecule has 0 aromatic carbocycles. The standard InChI is InChI=1S/C10H13N5O4/c11-8-5-9(13-2-12-8)15(3-14-5)10-7(18)6(17)4(1-16)19-10/h2-4,6-7,10,16-18H,1H2,(H2,11,12,13)/t4-,6-,7-,10-/m1/s1/i1T,2T,3T/t1?,4-,6-,7-,10-. The van der Waals surface area contributed by atoms with E-state index in [1.165, 1.54) is 0 Å². The first kappa shape index (κ1) is 9.15. The lowest BCUT2D eigenvalue weighted by Gasteiger charge is -2.16. The number of aliphatic hydroxyl groups excluding tert-OH is 3. The summed E-state index contributed by atoms with van der Waals surface area (Å²) in [7, 11) is 0. The summed E-state index contributed by atoms with van der Waals surface area (Å²) < 4.78 is 28.8. The number of fused-ring (bicyclic) bond motifs is 1. The van der Waals surface area contributed by atoms with E-state index >= 15 is 0 Å². The predicted octanol–water partition coefficient (Wildman–Crippen LogP) is -1.98. The van der Waals surface area contributed by atoms with Crippen molar-refractivity contribution in [2.24, 2.45) is 0 Å². The minimum Gasteiger partial charge on any atom is -0.394 e. The molecule has 1 fully saturated rings. The SMILES string of the molecule is [3H]c1nc(N)c2nc([3H])n([C@@H]3O[C@H](C([3H])O)[C@@H](O)[C@H]3O)c2n1. The van der Waals surface area contributed by atoms with E-state index in [2.05, 4.69) is 15.0 Å². The van der Waals surface area contributed by atoms with Crippen molar-refractivity contribution < 1.29 is 24.2 Å². The molecule has 3 rings (SSSR count). The van der Waals surface area contributed by atoms with Gasteiger partial charge >= 0.3 is 0 Å². The van der Waals surface area contributed by atoms with Gasteiger partial charge in [0.05, 0.1) is 14.3 Å². The number of ether oxygens (including phenoxy) is 1. The molecule has 2 aromatic rings. The monoisotopic (exact) mass is 273 g/mol. The summed E-state index contributed by atoms with van der Waals surface area (Å²) in [5, 5.41) is 29.1. The van der Waals surface area contributed by atoms with Gasteiger partial charge in [0.25, 0.3) is 0 Å². The molecule has 1 unspecified atom stereocenters. The fourth-order valence-electron chi connectivity index (χ4n) is 1.97. The maximum Gasteiger partial charge on any atom is 0.167 e. The molecule has 0 radical (unpaired) electrons. The zero-order valence-corrected chi connectivity index (χ0v) is 9.50. The maximum atomic E-state index is 10.0. The summed E-state index contributed by atoms with van der Waals surface area (Å²) in [4.78, 5) is 11.3. The molecule has 1 aliphatic rings. The predicted molar refractivity (Wildman–Crippen MR) is 62.7 cm³/mol. The second-order valence-electron chi connectivity index (χ2n) is 4.08. The molecule has 0 aliphatic carbocycles. The normalized spacial score (nSPS) is 35.0. The second kappa shape index (κ2) is 4.38. The number of hydrogen-bond donors (Lipinski definition) is 4. The van der Waals surface area contributed by atoms with Crippen LogP contribution in [-0.2, 0) is 4.74 Å². The van der Waals surface area contributed by atoms with Crippen molar-refractivity contribution in [3.05, 3.63) is 12.6 Å². The molecule has 0 spiro atoms. The van der Waals surface area contributed by atoms with Crippen molar-refractivity contribution in [3.8, 4) is 0 Å². The van der Waals surface area contributed by atoms with Crippen LogP contribution >= 0.6 is 0 Å². The van der Waals surface area contributed by atoms with E-state index in [0.29, 0.717) is 0 Å². The van der Waals surface area contributed by atoms with E-state index in [-0.39, 0.29) is 23.3 Å². The Kier molecular flexibility index (Phi) is 2.11. The molecule has 0 saturated carbocycles. The number of anilines is 1. The highest BCUT2D eigenvalue weighted by Crippen LogP contribution is 2.31. The number of aromatic nitrogens is 4. The summed E-state index contributed by atoms with van der Waals surface area (Å²) in [6, 6.07) is 0. The fraction of sp³-hybridized carbons (Fsp3) is 0.500. The number of aliphatic hydroxyl groups is 3. The van der Waals surface area contributed by atoms with Crippen LogP contribution in [0.25, 0.3) is 11.2 Å². The van der Waals surface area contributed by atoms with E-state index in [9.17, 15) is 15.3 Å². The van der Waals surface area contributed by atoms with E-state index in [4.69, 9.17) is 14.6 Å². The molecule has 5 N–H and O–H groups in total. The molecule has 5 atom stereocenters. The van der Waals surface area contributed by atoms with Crippen LogP contribution < -0.4 is 5.73 Å². The number of nitrogens with two attached hydrogens (primary N) is 1. The van der Waals surface area contributed by atoms with Gasteiger partial charge in [0.15, 0.2) is 17.7 Å². The number of imidazole rings is 1. The Hall–Kier alpha value is -1.81. The summed E-state index contributed by atoms with van der Waals surface area (Å²) in [6.45, 7) is -1.77. The summed E-state index contributed by atoms with van der Waals surface area (Å²) in [6.07, 6.45) is -6.48. The first-order chi connectivity index (χ1) is 10.3. The van der Waals surface area contributed by atoms with Crippen LogP contribution in [0.2, 0.25) is 0 Å². The smallest absolute Gasteiger partial charge is 0.167 e. The minimum atomic E-state index is -1.77. The molecule has 19 heavy (non-hydrogen) atoms. The lowest BCUT2D eigenvalue weighted by molar-refractivity contribution is -0.0511. The Morgan fingerprint density at radius 2 is 2.21 bits per heavy atom. The van der Waals surface area contributed by atoms with Gasteiger partial charge < -0.3 is 25.8 Å². The van der Waals surface area contributed by atoms with E-state index in [1.54, 1.807) is 0 Å². The van der Waals surface area contributed by atoms with Gasteiger partial charge in [0.2, 0.25) is 0 Å². The van der Waals surface area contributed by atoms with Gasteiger partial charge in [-0.05, 0) is 0 Å². The first-order valence-electron chi connectivity index (χ1n) is 6.99. The molecule has 102 valence electrons. The van der Waals surface area contributed by atoms with Crippen molar-refractivity contribution in [2.45, 2.75) is 24.5 Å². The van der Waals surface area contributed by atoms with Gasteiger partial charge in [-0.25, -0.2) is 15.0 Å². The van der Waals surface area contributed by atoms with Crippen LogP contribution in [0.4, 0.5) is 5.82 Å². The van der Waals surface area contributed by atoms with Crippen LogP contribution in [0.3, 0.4) is 0 Å². The van der Waals surface area contributed by atoms with Crippen LogP contribution in [0.15, 0.2) is 12.6 Å². The lowest BCUT2D eigenvalue weighted by Crippen LogP contribution is -2.33. The van der Waals surface area contributed by atoms with Gasteiger partial charge in [-0.15, -0.1) is 0 Å². The van der Waals surface area contributed by atoms with Crippen LogP contribution in [0, 0.1) is 0 Å². The molecular formula is C10H13N5O4. The molecule has 0 amide bonds. The number of nitrogen functional groups attached to an aromatic ring is 1. The van der Waals surface area contributed by atoms with Crippen LogP contribution in [-0.4, -0.2) is 59.7 Å². The van der Waals surface area contributed by atoms with E-state index in [0.717, 1.165) is 4.57 Å². The van der Waals surface area contributed by atoms with Crippen molar-refractivity contribution in [2.75, 3.05) is 12.3 Å². The summed E-state index contributed by atoms with van der Waals surface area (Å²) >= 11 is 0. The molecular weight excluding hydrogens is 254 g/mol. The highest BCUT2D eigenvalue weighted by Gasteiger charge is 2.43. The minimum absolute atomic E-state index is 0.0149. The Morgan fingerprint density at radius 3 is 2.89 bits per heavy atom. The molecule has 2 aromatic heterocycles. The highest BCUT2D eigenvalue weighted by molar-refractivity contribution is 5.81. The van der Waals surface area contributed by atoms with Gasteiger partial charge in [-0.1, -0.05) is 0 Å². The number of hydrogen-bond acceptors (Lipinski definition) is 8. The summed E-state index contributed by atoms with van der Waals surface area (Å²) in [5.41, 5.74) is 5.66. The lowest BCUT2D eigenvalue weighted by atomic mass is 10.1. The van der Waals surface area contributed by atoms with Gasteiger partial charge in [0, 0.05) is 0 Å². The topological polar surface area (TPSA) is 140 Å². The van der Waals surface area contributed by atoms with Crippen molar-refractivity contribution >= 4 is 17.0 Å². The molecule has 1 aliphatic heterocycles. The van der Waals surface area contributed by atoms with E-state index < -0.39 is 37.4 Å². The fourth-order valence-corrected chi connectivity index (χ4v) is 1.97. The highest BCUT2D eigenvalue weighted by atomic mass is 16.6. The van der Waals surface area contributed by atoms with Crippen molar-refractivity contribution in [1.29, 1.82) is 0 Å². The molecule has 9 heteroatoms. The molecule has 0 bridgehead atoms. The zero-order valence-electron chi connectivity index (χ0n) is 12.5. The molecule has 9 nitrogen and oxygen atoms in total. The first-order valence-corrected chi connectivity index (χ1v) is 5.42. The third-order valence-electron chi connectivity index (χ3n) is 2.96. The van der Waals surface area contributed by atoms with Crippen LogP contribution in [0.5, 0.6) is 0 Å². The number of nitrogens with zero attached hydrogens (tertiary/aromatic N) is 4. The largest absolute Gasteiger partial charge is 0.394 e. The third-order valence-corrected chi connectivity index (χ3v) is 2.96. The molecule has 3 heterocycles. The van der Waals surface area contributed by atoms with Crippen molar-refractivity contribution in [1.82, 2.24) is 19.5 Å². The Balaban J connectivity index is 2.13. The van der Waals surface area contributed by atoms with Crippen LogP contribution in [0.1, 0.15) is 10.3 Å². The summed E-state index contributed by atoms with van der Waals surface area (Å²) in [5.74, 6) is -0.104. The Bertz CT molecular complexity index is 726. The second-order valence-corrected chi connectivity index (χ2v) is 4.08. The van der Waals surface area contributed by atoms with Gasteiger partial charge in [-0.3, -0.25) is 4.57 Å².